The quantitative estimate of drug-likeness (QED) is 0.697. The highest BCUT2D eigenvalue weighted by atomic mass is 19.3. The first-order valence-electron chi connectivity index (χ1n) is 4.41. The van der Waals surface area contributed by atoms with Crippen LogP contribution in [0, 0.1) is 11.3 Å². The minimum atomic E-state index is -2.57. The predicted molar refractivity (Wildman–Crippen MR) is 45.4 cm³/mol. The summed E-state index contributed by atoms with van der Waals surface area (Å²) in [5.41, 5.74) is -0.861. The molecule has 1 fully saturated rings. The highest BCUT2D eigenvalue weighted by Crippen LogP contribution is 2.41. The first-order chi connectivity index (χ1) is 5.33. The number of hydrogen-bond donors (Lipinski definition) is 1. The van der Waals surface area contributed by atoms with Gasteiger partial charge in [0, 0.05) is 5.41 Å². The van der Waals surface area contributed by atoms with Crippen LogP contribution in [-0.2, 0) is 0 Å². The second-order valence-electron chi connectivity index (χ2n) is 4.50. The van der Waals surface area contributed by atoms with E-state index in [1.165, 1.54) is 0 Å². The summed E-state index contributed by atoms with van der Waals surface area (Å²) in [6.07, 6.45) is 0.615. The van der Waals surface area contributed by atoms with Crippen LogP contribution in [0.15, 0.2) is 0 Å². The maximum absolute atomic E-state index is 13.0. The molecule has 0 spiro atoms. The first kappa shape index (κ1) is 9.90. The number of alkyl halides is 2. The molecule has 0 aromatic carbocycles. The monoisotopic (exact) mass is 177 g/mol. The van der Waals surface area contributed by atoms with Gasteiger partial charge in [0.25, 0.3) is 0 Å². The summed E-state index contributed by atoms with van der Waals surface area (Å²) in [7, 11) is 0. The Morgan fingerprint density at radius 2 is 1.75 bits per heavy atom. The van der Waals surface area contributed by atoms with E-state index in [2.05, 4.69) is 5.32 Å². The van der Waals surface area contributed by atoms with Crippen LogP contribution in [0.4, 0.5) is 8.78 Å². The van der Waals surface area contributed by atoms with Crippen LogP contribution in [0.1, 0.15) is 27.2 Å². The van der Waals surface area contributed by atoms with E-state index in [9.17, 15) is 8.78 Å². The van der Waals surface area contributed by atoms with Gasteiger partial charge in [-0.1, -0.05) is 13.8 Å². The molecule has 0 unspecified atom stereocenters. The van der Waals surface area contributed by atoms with Crippen LogP contribution < -0.4 is 5.32 Å². The van der Waals surface area contributed by atoms with Gasteiger partial charge in [-0.25, -0.2) is 8.78 Å². The van der Waals surface area contributed by atoms with Gasteiger partial charge in [-0.3, -0.25) is 0 Å². The van der Waals surface area contributed by atoms with Crippen molar-refractivity contribution in [2.24, 2.45) is 11.3 Å². The fourth-order valence-corrected chi connectivity index (χ4v) is 1.39. The molecule has 0 aromatic rings. The van der Waals surface area contributed by atoms with Crippen molar-refractivity contribution in [1.82, 2.24) is 5.32 Å². The Labute approximate surface area is 72.5 Å². The van der Waals surface area contributed by atoms with Crippen LogP contribution in [0.3, 0.4) is 0 Å². The topological polar surface area (TPSA) is 12.0 Å². The molecule has 1 aliphatic rings. The molecule has 0 aliphatic carbocycles. The van der Waals surface area contributed by atoms with E-state index in [1.54, 1.807) is 13.8 Å². The number of rotatable bonds is 3. The lowest BCUT2D eigenvalue weighted by molar-refractivity contribution is -0.101. The predicted octanol–water partition coefficient (Wildman–Crippen LogP) is 2.28. The van der Waals surface area contributed by atoms with Crippen LogP contribution in [0.25, 0.3) is 0 Å². The van der Waals surface area contributed by atoms with E-state index in [0.29, 0.717) is 12.3 Å². The third-order valence-electron chi connectivity index (χ3n) is 2.85. The SMILES string of the molecule is CC(F)(F)C(C)(C)CC1CNC1. The molecule has 1 aliphatic heterocycles. The van der Waals surface area contributed by atoms with Crippen molar-refractivity contribution >= 4 is 0 Å². The molecule has 1 heterocycles. The Morgan fingerprint density at radius 1 is 1.25 bits per heavy atom. The van der Waals surface area contributed by atoms with Crippen LogP contribution in [0.2, 0.25) is 0 Å². The largest absolute Gasteiger partial charge is 0.316 e. The van der Waals surface area contributed by atoms with Crippen molar-refractivity contribution < 1.29 is 8.78 Å². The van der Waals surface area contributed by atoms with Gasteiger partial charge in [0.15, 0.2) is 0 Å². The molecule has 1 N–H and O–H groups in total. The fourth-order valence-electron chi connectivity index (χ4n) is 1.39. The molecule has 0 aromatic heterocycles. The lowest BCUT2D eigenvalue weighted by atomic mass is 9.76. The summed E-state index contributed by atoms with van der Waals surface area (Å²) in [6.45, 7) is 6.11. The minimum absolute atomic E-state index is 0.450. The van der Waals surface area contributed by atoms with Gasteiger partial charge in [0.05, 0.1) is 0 Å². The van der Waals surface area contributed by atoms with Crippen LogP contribution in [-0.4, -0.2) is 19.0 Å². The van der Waals surface area contributed by atoms with Crippen molar-refractivity contribution in [2.75, 3.05) is 13.1 Å². The Kier molecular flexibility index (Phi) is 2.43. The van der Waals surface area contributed by atoms with E-state index >= 15 is 0 Å². The second kappa shape index (κ2) is 2.95. The van der Waals surface area contributed by atoms with Gasteiger partial charge in [-0.05, 0) is 32.4 Å². The summed E-state index contributed by atoms with van der Waals surface area (Å²) in [6, 6.07) is 0. The zero-order valence-electron chi connectivity index (χ0n) is 7.95. The molecule has 1 saturated heterocycles. The summed E-state index contributed by atoms with van der Waals surface area (Å²) < 4.78 is 26.0. The Morgan fingerprint density at radius 3 is 2.00 bits per heavy atom. The van der Waals surface area contributed by atoms with E-state index in [-0.39, 0.29) is 0 Å². The Balaban J connectivity index is 2.46. The van der Waals surface area contributed by atoms with Crippen molar-refractivity contribution in [2.45, 2.75) is 33.1 Å². The third-order valence-corrected chi connectivity index (χ3v) is 2.85. The number of halogens is 2. The maximum atomic E-state index is 13.0. The average Bonchev–Trinajstić information content (AvgIpc) is 1.76. The van der Waals surface area contributed by atoms with Gasteiger partial charge in [-0.15, -0.1) is 0 Å². The van der Waals surface area contributed by atoms with Gasteiger partial charge in [-0.2, -0.15) is 0 Å². The molecule has 0 bridgehead atoms. The maximum Gasteiger partial charge on any atom is 0.250 e. The van der Waals surface area contributed by atoms with E-state index < -0.39 is 11.3 Å². The summed E-state index contributed by atoms with van der Waals surface area (Å²) in [5, 5.41) is 3.09. The molecule has 1 rings (SSSR count). The van der Waals surface area contributed by atoms with Crippen molar-refractivity contribution in [1.29, 1.82) is 0 Å². The highest BCUT2D eigenvalue weighted by Gasteiger charge is 2.43. The molecule has 1 nitrogen and oxygen atoms in total. The van der Waals surface area contributed by atoms with Crippen molar-refractivity contribution in [3.05, 3.63) is 0 Å². The zero-order valence-corrected chi connectivity index (χ0v) is 7.95. The van der Waals surface area contributed by atoms with E-state index in [1.807, 2.05) is 0 Å². The summed E-state index contributed by atoms with van der Waals surface area (Å²) in [5.74, 6) is -2.12. The van der Waals surface area contributed by atoms with Crippen LogP contribution in [0.5, 0.6) is 0 Å². The van der Waals surface area contributed by atoms with Gasteiger partial charge in [0.1, 0.15) is 0 Å². The van der Waals surface area contributed by atoms with Crippen LogP contribution >= 0.6 is 0 Å². The number of nitrogens with one attached hydrogen (secondary N) is 1. The Hall–Kier alpha value is -0.180. The first-order valence-corrected chi connectivity index (χ1v) is 4.41. The van der Waals surface area contributed by atoms with Crippen molar-refractivity contribution in [3.8, 4) is 0 Å². The minimum Gasteiger partial charge on any atom is -0.316 e. The van der Waals surface area contributed by atoms with Gasteiger partial charge in [0.2, 0.25) is 5.92 Å². The molecule has 0 radical (unpaired) electrons. The normalized spacial score (nSPS) is 20.8. The molecule has 0 amide bonds. The lowest BCUT2D eigenvalue weighted by Crippen LogP contribution is -2.47. The highest BCUT2D eigenvalue weighted by molar-refractivity contribution is 4.88. The smallest absolute Gasteiger partial charge is 0.250 e. The standard InChI is InChI=1S/C9H17F2N/c1-8(2,9(3,10)11)4-7-5-12-6-7/h7,12H,4-6H2,1-3H3. The molecule has 0 atom stereocenters. The molecule has 72 valence electrons. The number of hydrogen-bond acceptors (Lipinski definition) is 1. The summed E-state index contributed by atoms with van der Waals surface area (Å²) >= 11 is 0. The second-order valence-corrected chi connectivity index (χ2v) is 4.50. The average molecular weight is 177 g/mol. The van der Waals surface area contributed by atoms with Gasteiger partial charge >= 0.3 is 0 Å². The van der Waals surface area contributed by atoms with Crippen molar-refractivity contribution in [3.63, 3.8) is 0 Å². The van der Waals surface area contributed by atoms with Gasteiger partial charge < -0.3 is 5.32 Å². The Bertz CT molecular complexity index is 156. The fraction of sp³-hybridized carbons (Fsp3) is 1.00. The van der Waals surface area contributed by atoms with E-state index in [0.717, 1.165) is 20.0 Å². The lowest BCUT2D eigenvalue weighted by Gasteiger charge is -2.38. The molecule has 3 heteroatoms. The molecule has 0 saturated carbocycles. The molecule has 12 heavy (non-hydrogen) atoms. The molecular weight excluding hydrogens is 160 g/mol. The summed E-state index contributed by atoms with van der Waals surface area (Å²) in [4.78, 5) is 0. The third kappa shape index (κ3) is 1.94. The van der Waals surface area contributed by atoms with E-state index in [4.69, 9.17) is 0 Å². The zero-order chi connectivity index (χ0) is 9.41. The molecular formula is C9H17F2N.